The molecule has 0 unspecified atom stereocenters. The average molecular weight is 185 g/mol. The highest BCUT2D eigenvalue weighted by Gasteiger charge is 2.30. The molecule has 72 valence electrons. The van der Waals surface area contributed by atoms with E-state index in [0.717, 1.165) is 0 Å². The summed E-state index contributed by atoms with van der Waals surface area (Å²) in [5, 5.41) is 14.0. The summed E-state index contributed by atoms with van der Waals surface area (Å²) >= 11 is 0. The molecule has 2 amide bonds. The zero-order valence-electron chi connectivity index (χ0n) is 7.52. The summed E-state index contributed by atoms with van der Waals surface area (Å²) in [6.45, 7) is 3.09. The topological polar surface area (TPSA) is 73.2 Å². The van der Waals surface area contributed by atoms with Crippen molar-refractivity contribution in [3.8, 4) is 0 Å². The Hall–Kier alpha value is -1.59. The van der Waals surface area contributed by atoms with Gasteiger partial charge in [-0.3, -0.25) is 9.59 Å². The van der Waals surface area contributed by atoms with Crippen LogP contribution in [0.4, 0.5) is 0 Å². The van der Waals surface area contributed by atoms with Crippen LogP contribution >= 0.6 is 0 Å². The molecule has 0 aromatic heterocycles. The van der Waals surface area contributed by atoms with Crippen LogP contribution in [0.2, 0.25) is 0 Å². The van der Waals surface area contributed by atoms with E-state index in [4.69, 9.17) is 5.21 Å². The highest BCUT2D eigenvalue weighted by atomic mass is 16.4. The number of oxime groups is 1. The molecule has 6 heteroatoms. The Kier molecular flexibility index (Phi) is 2.50. The van der Waals surface area contributed by atoms with Crippen LogP contribution < -0.4 is 0 Å². The van der Waals surface area contributed by atoms with Gasteiger partial charge in [0.1, 0.15) is 5.71 Å². The van der Waals surface area contributed by atoms with Gasteiger partial charge in [0.15, 0.2) is 0 Å². The van der Waals surface area contributed by atoms with Gasteiger partial charge in [-0.2, -0.15) is 0 Å². The Labute approximate surface area is 75.4 Å². The highest BCUT2D eigenvalue weighted by Crippen LogP contribution is 2.08. The lowest BCUT2D eigenvalue weighted by Crippen LogP contribution is -2.42. The number of rotatable bonds is 0. The van der Waals surface area contributed by atoms with Gasteiger partial charge in [0.25, 0.3) is 0 Å². The van der Waals surface area contributed by atoms with E-state index in [1.807, 2.05) is 0 Å². The van der Waals surface area contributed by atoms with Crippen molar-refractivity contribution in [1.82, 2.24) is 10.0 Å². The van der Waals surface area contributed by atoms with Crippen LogP contribution in [0.15, 0.2) is 5.16 Å². The molecule has 0 saturated carbocycles. The first kappa shape index (κ1) is 9.50. The normalized spacial score (nSPS) is 16.3. The molecule has 1 heterocycles. The SMILES string of the molecule is CC(=O)N1CC(=NO)CN1C(C)=O. The fourth-order valence-electron chi connectivity index (χ4n) is 1.19. The second-order valence-corrected chi connectivity index (χ2v) is 2.82. The monoisotopic (exact) mass is 185 g/mol. The van der Waals surface area contributed by atoms with Crippen molar-refractivity contribution >= 4 is 17.5 Å². The first-order valence-electron chi connectivity index (χ1n) is 3.82. The van der Waals surface area contributed by atoms with Crippen LogP contribution in [0.5, 0.6) is 0 Å². The molecular formula is C7H11N3O3. The molecule has 1 aliphatic rings. The first-order valence-corrected chi connectivity index (χ1v) is 3.82. The largest absolute Gasteiger partial charge is 0.411 e. The van der Waals surface area contributed by atoms with Crippen molar-refractivity contribution in [2.24, 2.45) is 5.16 Å². The lowest BCUT2D eigenvalue weighted by molar-refractivity contribution is -0.154. The summed E-state index contributed by atoms with van der Waals surface area (Å²) in [4.78, 5) is 22.0. The third-order valence-electron chi connectivity index (χ3n) is 1.82. The van der Waals surface area contributed by atoms with Crippen LogP contribution in [0.3, 0.4) is 0 Å². The zero-order chi connectivity index (χ0) is 10.0. The second kappa shape index (κ2) is 3.42. The van der Waals surface area contributed by atoms with Gasteiger partial charge in [-0.05, 0) is 0 Å². The third kappa shape index (κ3) is 1.77. The Balaban J connectivity index is 2.83. The average Bonchev–Trinajstić information content (AvgIpc) is 2.47. The Morgan fingerprint density at radius 2 is 1.62 bits per heavy atom. The number of nitrogens with zero attached hydrogens (tertiary/aromatic N) is 3. The molecule has 6 nitrogen and oxygen atoms in total. The van der Waals surface area contributed by atoms with E-state index in [9.17, 15) is 9.59 Å². The minimum absolute atomic E-state index is 0.186. The first-order chi connectivity index (χ1) is 6.06. The molecule has 0 atom stereocenters. The van der Waals surface area contributed by atoms with Gasteiger partial charge < -0.3 is 5.21 Å². The maximum atomic E-state index is 11.0. The molecule has 1 rings (SSSR count). The zero-order valence-corrected chi connectivity index (χ0v) is 7.52. The van der Waals surface area contributed by atoms with Gasteiger partial charge in [0, 0.05) is 13.8 Å². The van der Waals surface area contributed by atoms with E-state index in [1.54, 1.807) is 0 Å². The van der Waals surface area contributed by atoms with Crippen molar-refractivity contribution in [1.29, 1.82) is 0 Å². The Morgan fingerprint density at radius 3 is 1.85 bits per heavy atom. The lowest BCUT2D eigenvalue weighted by atomic mass is 10.4. The molecule has 0 aromatic rings. The fourth-order valence-corrected chi connectivity index (χ4v) is 1.19. The smallest absolute Gasteiger partial charge is 0.238 e. The molecule has 0 aliphatic carbocycles. The van der Waals surface area contributed by atoms with Crippen LogP contribution in [-0.4, -0.2) is 45.8 Å². The molecule has 1 N–H and O–H groups in total. The number of amides is 2. The van der Waals surface area contributed by atoms with Gasteiger partial charge in [0.2, 0.25) is 11.8 Å². The molecule has 1 saturated heterocycles. The summed E-state index contributed by atoms with van der Waals surface area (Å²) in [5.41, 5.74) is 0.408. The maximum absolute atomic E-state index is 11.0. The summed E-state index contributed by atoms with van der Waals surface area (Å²) in [7, 11) is 0. The number of carbonyl (C=O) groups excluding carboxylic acids is 2. The predicted octanol–water partition coefficient (Wildman–Crippen LogP) is -0.558. The van der Waals surface area contributed by atoms with Gasteiger partial charge in [-0.15, -0.1) is 0 Å². The number of carbonyl (C=O) groups is 2. The van der Waals surface area contributed by atoms with Crippen LogP contribution in [0.1, 0.15) is 13.8 Å². The Bertz CT molecular complexity index is 250. The molecule has 0 aromatic carbocycles. The molecule has 1 fully saturated rings. The van der Waals surface area contributed by atoms with Crippen LogP contribution in [0, 0.1) is 0 Å². The quantitative estimate of drug-likeness (QED) is 0.406. The highest BCUT2D eigenvalue weighted by molar-refractivity contribution is 5.96. The molecule has 13 heavy (non-hydrogen) atoms. The summed E-state index contributed by atoms with van der Waals surface area (Å²) in [6, 6.07) is 0. The second-order valence-electron chi connectivity index (χ2n) is 2.82. The molecule has 0 bridgehead atoms. The number of hydrogen-bond acceptors (Lipinski definition) is 4. The van der Waals surface area contributed by atoms with Crippen molar-refractivity contribution in [3.63, 3.8) is 0 Å². The minimum atomic E-state index is -0.242. The van der Waals surface area contributed by atoms with E-state index in [-0.39, 0.29) is 24.9 Å². The summed E-state index contributed by atoms with van der Waals surface area (Å²) in [5.74, 6) is -0.484. The molecular weight excluding hydrogens is 174 g/mol. The fraction of sp³-hybridized carbons (Fsp3) is 0.571. The van der Waals surface area contributed by atoms with E-state index in [2.05, 4.69) is 5.16 Å². The Morgan fingerprint density at radius 1 is 1.23 bits per heavy atom. The van der Waals surface area contributed by atoms with Crippen molar-refractivity contribution in [2.75, 3.05) is 13.1 Å². The van der Waals surface area contributed by atoms with Gasteiger partial charge in [-0.25, -0.2) is 10.0 Å². The van der Waals surface area contributed by atoms with E-state index < -0.39 is 0 Å². The van der Waals surface area contributed by atoms with E-state index in [0.29, 0.717) is 5.71 Å². The standard InChI is InChI=1S/C7H11N3O3/c1-5(11)9-3-7(8-13)4-10(9)6(2)12/h13H,3-4H2,1-2H3. The van der Waals surface area contributed by atoms with Gasteiger partial charge >= 0.3 is 0 Å². The number of hydrogen-bond donors (Lipinski definition) is 1. The molecule has 1 aliphatic heterocycles. The maximum Gasteiger partial charge on any atom is 0.238 e. The van der Waals surface area contributed by atoms with Gasteiger partial charge in [0.05, 0.1) is 13.1 Å². The molecule has 0 spiro atoms. The van der Waals surface area contributed by atoms with E-state index >= 15 is 0 Å². The predicted molar refractivity (Wildman–Crippen MR) is 44.0 cm³/mol. The summed E-state index contributed by atoms with van der Waals surface area (Å²) in [6.07, 6.45) is 0. The number of hydrazine groups is 1. The van der Waals surface area contributed by atoms with Crippen LogP contribution in [-0.2, 0) is 9.59 Å². The van der Waals surface area contributed by atoms with E-state index in [1.165, 1.54) is 23.9 Å². The summed E-state index contributed by atoms with van der Waals surface area (Å²) < 4.78 is 0. The van der Waals surface area contributed by atoms with Crippen molar-refractivity contribution in [2.45, 2.75) is 13.8 Å². The minimum Gasteiger partial charge on any atom is -0.411 e. The van der Waals surface area contributed by atoms with Crippen LogP contribution in [0.25, 0.3) is 0 Å². The van der Waals surface area contributed by atoms with Crippen molar-refractivity contribution in [3.05, 3.63) is 0 Å². The van der Waals surface area contributed by atoms with Crippen molar-refractivity contribution < 1.29 is 14.8 Å². The third-order valence-corrected chi connectivity index (χ3v) is 1.82. The lowest BCUT2D eigenvalue weighted by Gasteiger charge is -2.24. The van der Waals surface area contributed by atoms with Gasteiger partial charge in [-0.1, -0.05) is 5.16 Å². The molecule has 0 radical (unpaired) electrons.